The molecule has 1 heterocycles. The van der Waals surface area contributed by atoms with E-state index in [1.165, 1.54) is 18.2 Å². The number of nitrogens with one attached hydrogen (secondary N) is 1. The van der Waals surface area contributed by atoms with Gasteiger partial charge in [0.25, 0.3) is 5.91 Å². The number of hydrogen-bond acceptors (Lipinski definition) is 4. The highest BCUT2D eigenvalue weighted by Crippen LogP contribution is 2.28. The molecule has 0 radical (unpaired) electrons. The fourth-order valence-electron chi connectivity index (χ4n) is 2.18. The van der Waals surface area contributed by atoms with Crippen molar-refractivity contribution in [2.45, 2.75) is 12.3 Å². The molecule has 2 amide bonds. The van der Waals surface area contributed by atoms with Crippen LogP contribution in [0.3, 0.4) is 0 Å². The molecule has 0 spiro atoms. The first kappa shape index (κ1) is 17.8. The first-order valence-corrected chi connectivity index (χ1v) is 6.96. The van der Waals surface area contributed by atoms with Gasteiger partial charge in [-0.2, -0.15) is 13.2 Å². The van der Waals surface area contributed by atoms with E-state index in [4.69, 9.17) is 0 Å². The van der Waals surface area contributed by atoms with Gasteiger partial charge in [-0.05, 0) is 24.3 Å². The fourth-order valence-corrected chi connectivity index (χ4v) is 2.18. The number of anilines is 1. The minimum absolute atomic E-state index is 0.0336. The maximum Gasteiger partial charge on any atom is 0.416 e. The molecule has 1 aliphatic heterocycles. The molecule has 130 valence electrons. The number of hydrogen-bond donors (Lipinski definition) is 2. The van der Waals surface area contributed by atoms with Crippen LogP contribution in [0.4, 0.5) is 18.9 Å². The van der Waals surface area contributed by atoms with Crippen LogP contribution >= 0.6 is 0 Å². The van der Waals surface area contributed by atoms with Gasteiger partial charge in [0.2, 0.25) is 5.91 Å². The topological polar surface area (TPSA) is 78.9 Å². The van der Waals surface area contributed by atoms with Gasteiger partial charge in [-0.25, -0.2) is 0 Å². The second kappa shape index (κ2) is 6.91. The van der Waals surface area contributed by atoms with Gasteiger partial charge in [-0.3, -0.25) is 9.59 Å². The molecule has 1 fully saturated rings. The van der Waals surface area contributed by atoms with Gasteiger partial charge in [0.15, 0.2) is 6.10 Å². The van der Waals surface area contributed by atoms with Gasteiger partial charge in [0, 0.05) is 12.2 Å². The molecule has 2 rings (SSSR count). The fraction of sp³-hybridized carbons (Fsp3) is 0.333. The average molecular weight is 344 g/mol. The lowest BCUT2D eigenvalue weighted by Crippen LogP contribution is -2.51. The van der Waals surface area contributed by atoms with E-state index >= 15 is 0 Å². The van der Waals surface area contributed by atoms with Crippen LogP contribution in [0, 0.1) is 0 Å². The van der Waals surface area contributed by atoms with Gasteiger partial charge in [0.05, 0.1) is 18.7 Å². The highest BCUT2D eigenvalue weighted by atomic mass is 19.4. The summed E-state index contributed by atoms with van der Waals surface area (Å²) >= 11 is 0. The summed E-state index contributed by atoms with van der Waals surface area (Å²) in [5.41, 5.74) is 0.00127. The van der Waals surface area contributed by atoms with Crippen molar-refractivity contribution in [3.63, 3.8) is 0 Å². The third-order valence-corrected chi connectivity index (χ3v) is 3.40. The number of aromatic hydroxyl groups is 1. The number of phenols is 1. The second-order valence-corrected chi connectivity index (χ2v) is 5.08. The molecule has 0 bridgehead atoms. The Hall–Kier alpha value is -2.55. The van der Waals surface area contributed by atoms with E-state index in [1.54, 1.807) is 0 Å². The van der Waals surface area contributed by atoms with Crippen LogP contribution in [0.5, 0.6) is 5.75 Å². The first-order valence-electron chi connectivity index (χ1n) is 6.96. The zero-order chi connectivity index (χ0) is 17.9. The SMILES string of the molecule is C=CC(=O)Nc1ccc(O)c(C(=O)N2CCOC(C(F)(F)F)C2)c1. The molecule has 1 aromatic carbocycles. The number of rotatable bonds is 3. The smallest absolute Gasteiger partial charge is 0.416 e. The van der Waals surface area contributed by atoms with Crippen LogP contribution in [-0.4, -0.2) is 53.8 Å². The molecule has 1 atom stereocenters. The molecule has 9 heteroatoms. The molecular formula is C15H15F3N2O4. The number of halogens is 3. The molecule has 0 aromatic heterocycles. The Kier molecular flexibility index (Phi) is 5.13. The molecule has 0 saturated carbocycles. The number of alkyl halides is 3. The maximum absolute atomic E-state index is 12.7. The molecule has 0 aliphatic carbocycles. The molecule has 1 saturated heterocycles. The normalized spacial score (nSPS) is 18.1. The monoisotopic (exact) mass is 344 g/mol. The predicted octanol–water partition coefficient (Wildman–Crippen LogP) is 1.92. The summed E-state index contributed by atoms with van der Waals surface area (Å²) in [5.74, 6) is -1.70. The highest BCUT2D eigenvalue weighted by molar-refractivity contribution is 6.02. The number of carbonyl (C=O) groups is 2. The van der Waals surface area contributed by atoms with Crippen LogP contribution in [0.2, 0.25) is 0 Å². The van der Waals surface area contributed by atoms with Gasteiger partial charge < -0.3 is 20.1 Å². The Morgan fingerprint density at radius 3 is 2.75 bits per heavy atom. The summed E-state index contributed by atoms with van der Waals surface area (Å²) in [6.07, 6.45) is -5.63. The zero-order valence-corrected chi connectivity index (χ0v) is 12.5. The lowest BCUT2D eigenvalue weighted by molar-refractivity contribution is -0.233. The lowest BCUT2D eigenvalue weighted by atomic mass is 10.1. The standard InChI is InChI=1S/C15H15F3N2O4/c1-2-13(22)19-9-3-4-11(21)10(7-9)14(23)20-5-6-24-12(8-20)15(16,17)18/h2-4,7,12,21H,1,5-6,8H2,(H,19,22). The number of nitrogens with zero attached hydrogens (tertiary/aromatic N) is 1. The van der Waals surface area contributed by atoms with Gasteiger partial charge in [0.1, 0.15) is 5.75 Å². The summed E-state index contributed by atoms with van der Waals surface area (Å²) in [4.78, 5) is 24.6. The number of phenolic OH excluding ortho intramolecular Hbond substituents is 1. The Morgan fingerprint density at radius 2 is 2.12 bits per heavy atom. The van der Waals surface area contributed by atoms with Crippen LogP contribution < -0.4 is 5.32 Å². The van der Waals surface area contributed by atoms with E-state index in [-0.39, 0.29) is 24.4 Å². The predicted molar refractivity (Wildman–Crippen MR) is 78.6 cm³/mol. The minimum atomic E-state index is -4.58. The van der Waals surface area contributed by atoms with E-state index < -0.39 is 36.4 Å². The van der Waals surface area contributed by atoms with Crippen molar-refractivity contribution < 1.29 is 32.6 Å². The summed E-state index contributed by atoms with van der Waals surface area (Å²) in [6, 6.07) is 3.72. The van der Waals surface area contributed by atoms with E-state index in [9.17, 15) is 27.9 Å². The van der Waals surface area contributed by atoms with E-state index in [1.807, 2.05) is 0 Å². The van der Waals surface area contributed by atoms with Gasteiger partial charge >= 0.3 is 6.18 Å². The quantitative estimate of drug-likeness (QED) is 0.649. The third-order valence-electron chi connectivity index (χ3n) is 3.40. The Balaban J connectivity index is 2.20. The Morgan fingerprint density at radius 1 is 1.42 bits per heavy atom. The molecule has 6 nitrogen and oxygen atoms in total. The van der Waals surface area contributed by atoms with Crippen LogP contribution in [0.1, 0.15) is 10.4 Å². The minimum Gasteiger partial charge on any atom is -0.507 e. The molecule has 1 aromatic rings. The van der Waals surface area contributed by atoms with Crippen molar-refractivity contribution in [1.29, 1.82) is 0 Å². The van der Waals surface area contributed by atoms with Crippen LogP contribution in [0.25, 0.3) is 0 Å². The van der Waals surface area contributed by atoms with Crippen LogP contribution in [-0.2, 0) is 9.53 Å². The summed E-state index contributed by atoms with van der Waals surface area (Å²) < 4.78 is 42.8. The summed E-state index contributed by atoms with van der Waals surface area (Å²) in [5, 5.41) is 12.2. The molecule has 24 heavy (non-hydrogen) atoms. The Bertz CT molecular complexity index is 661. The number of carbonyl (C=O) groups excluding carboxylic acids is 2. The third kappa shape index (κ3) is 4.05. The van der Waals surface area contributed by atoms with Crippen molar-refractivity contribution in [3.05, 3.63) is 36.4 Å². The molecular weight excluding hydrogens is 329 g/mol. The number of amides is 2. The first-order chi connectivity index (χ1) is 11.2. The van der Waals surface area contributed by atoms with Crippen LogP contribution in [0.15, 0.2) is 30.9 Å². The van der Waals surface area contributed by atoms with Crippen molar-refractivity contribution in [2.75, 3.05) is 25.0 Å². The average Bonchev–Trinajstić information content (AvgIpc) is 2.55. The molecule has 1 unspecified atom stereocenters. The van der Waals surface area contributed by atoms with Gasteiger partial charge in [-0.15, -0.1) is 0 Å². The molecule has 2 N–H and O–H groups in total. The number of morpholine rings is 1. The van der Waals surface area contributed by atoms with Crippen molar-refractivity contribution >= 4 is 17.5 Å². The number of ether oxygens (including phenoxy) is 1. The summed E-state index contributed by atoms with van der Waals surface area (Å²) in [7, 11) is 0. The summed E-state index contributed by atoms with van der Waals surface area (Å²) in [6.45, 7) is 2.32. The number of benzene rings is 1. The zero-order valence-electron chi connectivity index (χ0n) is 12.5. The van der Waals surface area contributed by atoms with E-state index in [2.05, 4.69) is 16.6 Å². The highest BCUT2D eigenvalue weighted by Gasteiger charge is 2.44. The maximum atomic E-state index is 12.7. The van der Waals surface area contributed by atoms with E-state index in [0.29, 0.717) is 0 Å². The van der Waals surface area contributed by atoms with Gasteiger partial charge in [-0.1, -0.05) is 6.58 Å². The van der Waals surface area contributed by atoms with Crippen molar-refractivity contribution in [2.24, 2.45) is 0 Å². The second-order valence-electron chi connectivity index (χ2n) is 5.08. The van der Waals surface area contributed by atoms with Crippen molar-refractivity contribution in [1.82, 2.24) is 4.90 Å². The van der Waals surface area contributed by atoms with E-state index in [0.717, 1.165) is 11.0 Å². The Labute approximate surface area is 135 Å². The van der Waals surface area contributed by atoms with Crippen molar-refractivity contribution in [3.8, 4) is 5.75 Å². The largest absolute Gasteiger partial charge is 0.507 e. The molecule has 1 aliphatic rings. The lowest BCUT2D eigenvalue weighted by Gasteiger charge is -2.34.